The molecule has 10 heteroatoms. The first kappa shape index (κ1) is 16.1. The normalized spacial score (nSPS) is 12.2. The molecule has 0 spiro atoms. The predicted octanol–water partition coefficient (Wildman–Crippen LogP) is 0.989. The molecule has 0 radical (unpaired) electrons. The maximum atomic E-state index is 12.5. The Morgan fingerprint density at radius 2 is 2.12 bits per heavy atom. The molecular weight excluding hydrogens is 332 g/mol. The highest BCUT2D eigenvalue weighted by atomic mass is 32.1. The highest BCUT2D eigenvalue weighted by Crippen LogP contribution is 2.17. The van der Waals surface area contributed by atoms with Crippen molar-refractivity contribution < 1.29 is 9.53 Å². The van der Waals surface area contributed by atoms with E-state index in [0.717, 1.165) is 4.68 Å². The number of nitrogens with one attached hydrogen (secondary N) is 1. The number of hydrogen-bond donors (Lipinski definition) is 1. The SMILES string of the molecule is COCc1nnc(NC(=O)C(C)n2nnc3ccccc3c2=O)s1. The Morgan fingerprint density at radius 1 is 1.33 bits per heavy atom. The summed E-state index contributed by atoms with van der Waals surface area (Å²) in [6, 6.07) is 6.00. The van der Waals surface area contributed by atoms with Gasteiger partial charge in [-0.1, -0.05) is 28.7 Å². The van der Waals surface area contributed by atoms with Gasteiger partial charge in [-0.25, -0.2) is 0 Å². The number of carbonyl (C=O) groups is 1. The maximum absolute atomic E-state index is 12.5. The summed E-state index contributed by atoms with van der Waals surface area (Å²) in [5.74, 6) is -0.429. The first-order valence-corrected chi connectivity index (χ1v) is 7.88. The third-order valence-electron chi connectivity index (χ3n) is 3.30. The first-order chi connectivity index (χ1) is 11.6. The molecule has 1 amide bonds. The summed E-state index contributed by atoms with van der Waals surface area (Å²) in [6.07, 6.45) is 0. The van der Waals surface area contributed by atoms with Crippen LogP contribution in [0, 0.1) is 0 Å². The highest BCUT2D eigenvalue weighted by molar-refractivity contribution is 7.15. The molecule has 2 aromatic heterocycles. The summed E-state index contributed by atoms with van der Waals surface area (Å²) in [6.45, 7) is 1.88. The van der Waals surface area contributed by atoms with Crippen molar-refractivity contribution in [2.24, 2.45) is 0 Å². The summed E-state index contributed by atoms with van der Waals surface area (Å²) in [5, 5.41) is 19.6. The average molecular weight is 346 g/mol. The summed E-state index contributed by atoms with van der Waals surface area (Å²) < 4.78 is 6.00. The zero-order valence-electron chi connectivity index (χ0n) is 13.0. The van der Waals surface area contributed by atoms with Gasteiger partial charge in [0.25, 0.3) is 11.5 Å². The smallest absolute Gasteiger partial charge is 0.278 e. The molecule has 2 heterocycles. The van der Waals surface area contributed by atoms with E-state index in [0.29, 0.717) is 27.6 Å². The standard InChI is InChI=1S/C14H14N6O3S/c1-8(12(21)15-14-18-17-11(24-14)7-23-2)20-13(22)9-5-3-4-6-10(9)16-19-20/h3-6,8H,7H2,1-2H3,(H,15,18,21). The number of aromatic nitrogens is 5. The van der Waals surface area contributed by atoms with E-state index in [1.165, 1.54) is 11.3 Å². The van der Waals surface area contributed by atoms with Crippen LogP contribution in [0.4, 0.5) is 5.13 Å². The van der Waals surface area contributed by atoms with Gasteiger partial charge in [0.05, 0.1) is 5.39 Å². The van der Waals surface area contributed by atoms with E-state index >= 15 is 0 Å². The van der Waals surface area contributed by atoms with Crippen molar-refractivity contribution in [2.45, 2.75) is 19.6 Å². The van der Waals surface area contributed by atoms with Crippen molar-refractivity contribution >= 4 is 33.3 Å². The van der Waals surface area contributed by atoms with Crippen LogP contribution in [0.2, 0.25) is 0 Å². The van der Waals surface area contributed by atoms with E-state index < -0.39 is 11.9 Å². The van der Waals surface area contributed by atoms with Gasteiger partial charge >= 0.3 is 0 Å². The second-order valence-electron chi connectivity index (χ2n) is 4.96. The Bertz CT molecular complexity index is 937. The lowest BCUT2D eigenvalue weighted by molar-refractivity contribution is -0.119. The molecule has 0 aliphatic heterocycles. The molecule has 3 aromatic rings. The van der Waals surface area contributed by atoms with Crippen molar-refractivity contribution in [3.63, 3.8) is 0 Å². The summed E-state index contributed by atoms with van der Waals surface area (Å²) in [4.78, 5) is 24.8. The largest absolute Gasteiger partial charge is 0.377 e. The average Bonchev–Trinajstić information content (AvgIpc) is 3.02. The monoisotopic (exact) mass is 346 g/mol. The fraction of sp³-hybridized carbons (Fsp3) is 0.286. The number of anilines is 1. The van der Waals surface area contributed by atoms with Crippen LogP contribution in [-0.2, 0) is 16.1 Å². The number of rotatable bonds is 5. The van der Waals surface area contributed by atoms with Gasteiger partial charge < -0.3 is 4.74 Å². The Morgan fingerprint density at radius 3 is 2.92 bits per heavy atom. The van der Waals surface area contributed by atoms with Crippen molar-refractivity contribution in [1.82, 2.24) is 25.2 Å². The lowest BCUT2D eigenvalue weighted by Crippen LogP contribution is -2.34. The molecule has 9 nitrogen and oxygen atoms in total. The Hall–Kier alpha value is -2.72. The minimum atomic E-state index is -0.843. The Kier molecular flexibility index (Phi) is 4.58. The number of hydrogen-bond acceptors (Lipinski definition) is 8. The Labute approximate surface area is 140 Å². The number of carbonyl (C=O) groups excluding carboxylic acids is 1. The van der Waals surface area contributed by atoms with Gasteiger partial charge in [-0.15, -0.1) is 15.3 Å². The van der Waals surface area contributed by atoms with Gasteiger partial charge in [0.1, 0.15) is 23.2 Å². The van der Waals surface area contributed by atoms with Crippen LogP contribution in [0.15, 0.2) is 29.1 Å². The van der Waals surface area contributed by atoms with Gasteiger partial charge in [-0.05, 0) is 19.1 Å². The molecule has 0 saturated heterocycles. The van der Waals surface area contributed by atoms with Crippen LogP contribution in [0.25, 0.3) is 10.9 Å². The maximum Gasteiger partial charge on any atom is 0.278 e. The van der Waals surface area contributed by atoms with Crippen LogP contribution < -0.4 is 10.9 Å². The number of benzene rings is 1. The Balaban J connectivity index is 1.82. The van der Waals surface area contributed by atoms with Crippen LogP contribution in [0.1, 0.15) is 18.0 Å². The third-order valence-corrected chi connectivity index (χ3v) is 4.11. The van der Waals surface area contributed by atoms with Crippen LogP contribution in [0.5, 0.6) is 0 Å². The van der Waals surface area contributed by atoms with Gasteiger partial charge in [0.15, 0.2) is 0 Å². The quantitative estimate of drug-likeness (QED) is 0.733. The number of fused-ring (bicyclic) bond motifs is 1. The van der Waals surface area contributed by atoms with Crippen molar-refractivity contribution in [1.29, 1.82) is 0 Å². The van der Waals surface area contributed by atoms with Crippen LogP contribution in [0.3, 0.4) is 0 Å². The number of methoxy groups -OCH3 is 1. The summed E-state index contributed by atoms with van der Waals surface area (Å²) in [7, 11) is 1.55. The fourth-order valence-corrected chi connectivity index (χ4v) is 2.78. The molecule has 1 atom stereocenters. The number of amides is 1. The number of ether oxygens (including phenoxy) is 1. The van der Waals surface area contributed by atoms with Crippen molar-refractivity contribution in [3.8, 4) is 0 Å². The number of nitrogens with zero attached hydrogens (tertiary/aromatic N) is 5. The molecule has 1 N–H and O–H groups in total. The first-order valence-electron chi connectivity index (χ1n) is 7.06. The molecule has 1 unspecified atom stereocenters. The molecule has 0 bridgehead atoms. The summed E-state index contributed by atoms with van der Waals surface area (Å²) >= 11 is 1.20. The zero-order valence-corrected chi connectivity index (χ0v) is 13.8. The molecular formula is C14H14N6O3S. The molecule has 0 saturated carbocycles. The molecule has 3 rings (SSSR count). The van der Waals surface area contributed by atoms with E-state index in [-0.39, 0.29) is 5.56 Å². The lowest BCUT2D eigenvalue weighted by Gasteiger charge is -2.12. The molecule has 1 aromatic carbocycles. The third kappa shape index (κ3) is 3.14. The van der Waals surface area contributed by atoms with Crippen LogP contribution in [-0.4, -0.2) is 38.2 Å². The topological polar surface area (TPSA) is 112 Å². The van der Waals surface area contributed by atoms with Crippen molar-refractivity contribution in [3.05, 3.63) is 39.6 Å². The molecule has 0 fully saturated rings. The fourth-order valence-electron chi connectivity index (χ4n) is 2.06. The van der Waals surface area contributed by atoms with Gasteiger partial charge in [0.2, 0.25) is 5.13 Å². The summed E-state index contributed by atoms with van der Waals surface area (Å²) in [5.41, 5.74) is 0.111. The van der Waals surface area contributed by atoms with Gasteiger partial charge in [0, 0.05) is 7.11 Å². The van der Waals surface area contributed by atoms with E-state index in [9.17, 15) is 9.59 Å². The second kappa shape index (κ2) is 6.81. The van der Waals surface area contributed by atoms with Crippen molar-refractivity contribution in [2.75, 3.05) is 12.4 Å². The van der Waals surface area contributed by atoms with E-state index in [4.69, 9.17) is 4.74 Å². The van der Waals surface area contributed by atoms with Gasteiger partial charge in [-0.3, -0.25) is 14.9 Å². The minimum Gasteiger partial charge on any atom is -0.377 e. The molecule has 0 aliphatic rings. The van der Waals surface area contributed by atoms with E-state index in [2.05, 4.69) is 25.8 Å². The highest BCUT2D eigenvalue weighted by Gasteiger charge is 2.20. The van der Waals surface area contributed by atoms with E-state index in [1.807, 2.05) is 0 Å². The molecule has 0 aliphatic carbocycles. The predicted molar refractivity (Wildman–Crippen MR) is 87.8 cm³/mol. The second-order valence-corrected chi connectivity index (χ2v) is 6.02. The lowest BCUT2D eigenvalue weighted by atomic mass is 10.2. The molecule has 124 valence electrons. The zero-order chi connectivity index (χ0) is 17.1. The van der Waals surface area contributed by atoms with E-state index in [1.54, 1.807) is 38.3 Å². The minimum absolute atomic E-state index is 0.318. The molecule has 24 heavy (non-hydrogen) atoms. The van der Waals surface area contributed by atoms with Crippen LogP contribution >= 0.6 is 11.3 Å². The van der Waals surface area contributed by atoms with Gasteiger partial charge in [-0.2, -0.15) is 4.68 Å².